The van der Waals surface area contributed by atoms with Crippen LogP contribution in [0.5, 0.6) is 0 Å². The fourth-order valence-electron chi connectivity index (χ4n) is 2.74. The van der Waals surface area contributed by atoms with E-state index in [9.17, 15) is 4.39 Å². The third-order valence-electron chi connectivity index (χ3n) is 4.44. The number of aliphatic imine (C=N–C) groups is 1. The standard InChI is InChI=1S/C21H24FN5/c1-15-5-8-18(13-20(15)22)16(2)26-21(23-3)24-14-17-6-9-19(10-7-17)27-12-4-11-25-27/h4-13,16H,14H2,1-3H3,(H2,23,24,26). The second-order valence-corrected chi connectivity index (χ2v) is 6.42. The highest BCUT2D eigenvalue weighted by Crippen LogP contribution is 2.16. The summed E-state index contributed by atoms with van der Waals surface area (Å²) in [6.45, 7) is 4.37. The molecule has 0 aliphatic heterocycles. The largest absolute Gasteiger partial charge is 0.352 e. The molecule has 0 saturated carbocycles. The van der Waals surface area contributed by atoms with E-state index in [1.54, 1.807) is 32.3 Å². The second kappa shape index (κ2) is 8.49. The van der Waals surface area contributed by atoms with Crippen LogP contribution >= 0.6 is 0 Å². The summed E-state index contributed by atoms with van der Waals surface area (Å²) >= 11 is 0. The molecule has 2 aromatic carbocycles. The predicted octanol–water partition coefficient (Wildman–Crippen LogP) is 3.75. The Morgan fingerprint density at radius 2 is 2.00 bits per heavy atom. The number of nitrogens with zero attached hydrogens (tertiary/aromatic N) is 3. The minimum atomic E-state index is -0.193. The number of guanidine groups is 1. The van der Waals surface area contributed by atoms with E-state index in [0.29, 0.717) is 18.1 Å². The Morgan fingerprint density at radius 1 is 1.22 bits per heavy atom. The topological polar surface area (TPSA) is 54.2 Å². The van der Waals surface area contributed by atoms with Crippen molar-refractivity contribution < 1.29 is 4.39 Å². The minimum absolute atomic E-state index is 0.0616. The number of rotatable bonds is 5. The molecule has 0 spiro atoms. The van der Waals surface area contributed by atoms with Crippen LogP contribution in [0, 0.1) is 12.7 Å². The van der Waals surface area contributed by atoms with Crippen molar-refractivity contribution in [3.05, 3.63) is 83.4 Å². The zero-order valence-corrected chi connectivity index (χ0v) is 15.8. The summed E-state index contributed by atoms with van der Waals surface area (Å²) in [5.41, 5.74) is 3.67. The van der Waals surface area contributed by atoms with Crippen LogP contribution in [0.3, 0.4) is 0 Å². The van der Waals surface area contributed by atoms with E-state index in [2.05, 4.69) is 32.9 Å². The molecule has 0 amide bonds. The van der Waals surface area contributed by atoms with Crippen LogP contribution in [0.15, 0.2) is 65.9 Å². The van der Waals surface area contributed by atoms with Gasteiger partial charge < -0.3 is 10.6 Å². The number of aromatic nitrogens is 2. The van der Waals surface area contributed by atoms with Crippen LogP contribution in [0.1, 0.15) is 29.7 Å². The third kappa shape index (κ3) is 4.73. The van der Waals surface area contributed by atoms with Gasteiger partial charge in [-0.15, -0.1) is 0 Å². The van der Waals surface area contributed by atoms with E-state index >= 15 is 0 Å². The number of nitrogens with one attached hydrogen (secondary N) is 2. The first-order valence-electron chi connectivity index (χ1n) is 8.89. The average Bonchev–Trinajstić information content (AvgIpc) is 3.22. The molecule has 1 heterocycles. The predicted molar refractivity (Wildman–Crippen MR) is 106 cm³/mol. The van der Waals surface area contributed by atoms with Gasteiger partial charge in [0.15, 0.2) is 5.96 Å². The van der Waals surface area contributed by atoms with Crippen molar-refractivity contribution in [2.24, 2.45) is 4.99 Å². The maximum absolute atomic E-state index is 13.8. The van der Waals surface area contributed by atoms with Crippen molar-refractivity contribution in [3.63, 3.8) is 0 Å². The molecular formula is C21H24FN5. The van der Waals surface area contributed by atoms with Gasteiger partial charge in [0.25, 0.3) is 0 Å². The van der Waals surface area contributed by atoms with Crippen LogP contribution in [-0.2, 0) is 6.54 Å². The van der Waals surface area contributed by atoms with Gasteiger partial charge in [-0.2, -0.15) is 5.10 Å². The normalized spacial score (nSPS) is 12.7. The number of halogens is 1. The van der Waals surface area contributed by atoms with E-state index < -0.39 is 0 Å². The molecule has 0 saturated heterocycles. The van der Waals surface area contributed by atoms with Gasteiger partial charge in [0.1, 0.15) is 5.82 Å². The summed E-state index contributed by atoms with van der Waals surface area (Å²) in [5.74, 6) is 0.473. The summed E-state index contributed by atoms with van der Waals surface area (Å²) in [6, 6.07) is 15.3. The van der Waals surface area contributed by atoms with Gasteiger partial charge in [0, 0.05) is 26.0 Å². The summed E-state index contributed by atoms with van der Waals surface area (Å²) in [7, 11) is 1.72. The van der Waals surface area contributed by atoms with Gasteiger partial charge in [0.2, 0.25) is 0 Å². The molecule has 6 heteroatoms. The van der Waals surface area contributed by atoms with E-state index in [1.807, 2.05) is 42.1 Å². The monoisotopic (exact) mass is 365 g/mol. The van der Waals surface area contributed by atoms with Crippen LogP contribution in [0.25, 0.3) is 5.69 Å². The lowest BCUT2D eigenvalue weighted by molar-refractivity contribution is 0.607. The van der Waals surface area contributed by atoms with Gasteiger partial charge in [-0.05, 0) is 54.8 Å². The van der Waals surface area contributed by atoms with Gasteiger partial charge in [0.05, 0.1) is 11.7 Å². The highest BCUT2D eigenvalue weighted by Gasteiger charge is 2.10. The van der Waals surface area contributed by atoms with Crippen molar-refractivity contribution in [2.75, 3.05) is 7.05 Å². The van der Waals surface area contributed by atoms with E-state index in [1.165, 1.54) is 0 Å². The van der Waals surface area contributed by atoms with Gasteiger partial charge in [-0.25, -0.2) is 9.07 Å². The first-order chi connectivity index (χ1) is 13.1. The Hall–Kier alpha value is -3.15. The summed E-state index contributed by atoms with van der Waals surface area (Å²) < 4.78 is 15.6. The van der Waals surface area contributed by atoms with Crippen molar-refractivity contribution in [3.8, 4) is 5.69 Å². The van der Waals surface area contributed by atoms with E-state index in [-0.39, 0.29) is 11.9 Å². The third-order valence-corrected chi connectivity index (χ3v) is 4.44. The maximum Gasteiger partial charge on any atom is 0.191 e. The first kappa shape index (κ1) is 18.6. The number of hydrogen-bond donors (Lipinski definition) is 2. The molecular weight excluding hydrogens is 341 g/mol. The molecule has 1 unspecified atom stereocenters. The summed E-state index contributed by atoms with van der Waals surface area (Å²) in [5, 5.41) is 10.8. The quantitative estimate of drug-likeness (QED) is 0.535. The van der Waals surface area contributed by atoms with Crippen LogP contribution in [0.2, 0.25) is 0 Å². The summed E-state index contributed by atoms with van der Waals surface area (Å²) in [4.78, 5) is 4.25. The lowest BCUT2D eigenvalue weighted by Gasteiger charge is -2.19. The number of aryl methyl sites for hydroxylation is 1. The van der Waals surface area contributed by atoms with Crippen molar-refractivity contribution in [2.45, 2.75) is 26.4 Å². The molecule has 1 aromatic heterocycles. The zero-order chi connectivity index (χ0) is 19.2. The zero-order valence-electron chi connectivity index (χ0n) is 15.8. The lowest BCUT2D eigenvalue weighted by Crippen LogP contribution is -2.38. The maximum atomic E-state index is 13.8. The molecule has 0 aliphatic carbocycles. The Bertz CT molecular complexity index is 901. The van der Waals surface area contributed by atoms with E-state index in [0.717, 1.165) is 16.8 Å². The van der Waals surface area contributed by atoms with Crippen molar-refractivity contribution in [1.82, 2.24) is 20.4 Å². The van der Waals surface area contributed by atoms with Crippen LogP contribution in [-0.4, -0.2) is 22.8 Å². The molecule has 3 aromatic rings. The number of benzene rings is 2. The molecule has 0 radical (unpaired) electrons. The Balaban J connectivity index is 1.58. The van der Waals surface area contributed by atoms with Crippen LogP contribution < -0.4 is 10.6 Å². The molecule has 0 bridgehead atoms. The van der Waals surface area contributed by atoms with Crippen LogP contribution in [0.4, 0.5) is 4.39 Å². The van der Waals surface area contributed by atoms with E-state index in [4.69, 9.17) is 0 Å². The molecule has 2 N–H and O–H groups in total. The SMILES string of the molecule is CN=C(NCc1ccc(-n2cccn2)cc1)NC(C)c1ccc(C)c(F)c1. The van der Waals surface area contributed by atoms with Gasteiger partial charge in [-0.3, -0.25) is 4.99 Å². The molecule has 140 valence electrons. The molecule has 0 fully saturated rings. The smallest absolute Gasteiger partial charge is 0.191 e. The molecule has 0 aliphatic rings. The average molecular weight is 365 g/mol. The number of hydrogen-bond acceptors (Lipinski definition) is 2. The highest BCUT2D eigenvalue weighted by molar-refractivity contribution is 5.80. The van der Waals surface area contributed by atoms with Gasteiger partial charge in [-0.1, -0.05) is 24.3 Å². The van der Waals surface area contributed by atoms with Crippen molar-refractivity contribution >= 4 is 5.96 Å². The van der Waals surface area contributed by atoms with Gasteiger partial charge >= 0.3 is 0 Å². The first-order valence-corrected chi connectivity index (χ1v) is 8.89. The van der Waals surface area contributed by atoms with Crippen molar-refractivity contribution in [1.29, 1.82) is 0 Å². The fourth-order valence-corrected chi connectivity index (χ4v) is 2.74. The Morgan fingerprint density at radius 3 is 2.63 bits per heavy atom. The lowest BCUT2D eigenvalue weighted by atomic mass is 10.1. The summed E-state index contributed by atoms with van der Waals surface area (Å²) in [6.07, 6.45) is 3.67. The minimum Gasteiger partial charge on any atom is -0.352 e. The Labute approximate surface area is 159 Å². The molecule has 3 rings (SSSR count). The molecule has 1 atom stereocenters. The Kier molecular flexibility index (Phi) is 5.86. The second-order valence-electron chi connectivity index (χ2n) is 6.42. The molecule has 5 nitrogen and oxygen atoms in total. The highest BCUT2D eigenvalue weighted by atomic mass is 19.1. The molecule has 27 heavy (non-hydrogen) atoms. The fraction of sp³-hybridized carbons (Fsp3) is 0.238.